The van der Waals surface area contributed by atoms with Gasteiger partial charge in [0.25, 0.3) is 0 Å². The van der Waals surface area contributed by atoms with E-state index in [1.165, 1.54) is 93.2 Å². The van der Waals surface area contributed by atoms with Crippen LogP contribution in [0.2, 0.25) is 0 Å². The summed E-state index contributed by atoms with van der Waals surface area (Å²) < 4.78 is 7.20. The summed E-state index contributed by atoms with van der Waals surface area (Å²) in [7, 11) is 0. The normalized spacial score (nSPS) is 11.9. The Balaban J connectivity index is 0.939. The van der Waals surface area contributed by atoms with Gasteiger partial charge in [0.2, 0.25) is 0 Å². The van der Waals surface area contributed by atoms with Gasteiger partial charge >= 0.3 is 0 Å². The van der Waals surface area contributed by atoms with Crippen LogP contribution < -0.4 is 0 Å². The van der Waals surface area contributed by atoms with Gasteiger partial charge < -0.3 is 13.7 Å². The van der Waals surface area contributed by atoms with E-state index >= 15 is 0 Å². The standard InChI is InChI=1S/C55H37N3/c1-36-24-30-54-48(32-36)46-18-4-8-22-52(46)56(54)41-28-25-37(26-29-41)40-27-31-55-49(35-40)47-19-5-9-23-53(47)58(55)43-15-11-13-39(34-43)38-12-10-14-42(33-38)57-50-20-6-2-16-44(50)45-17-3-7-21-51(45)57/h2-35H,1H3. The molecule has 0 radical (unpaired) electrons. The number of aromatic nitrogens is 3. The molecule has 0 unspecified atom stereocenters. The molecule has 3 nitrogen and oxygen atoms in total. The zero-order valence-electron chi connectivity index (χ0n) is 32.0. The Morgan fingerprint density at radius 1 is 0.241 bits per heavy atom. The fourth-order valence-electron chi connectivity index (χ4n) is 9.45. The van der Waals surface area contributed by atoms with Crippen molar-refractivity contribution < 1.29 is 0 Å². The third-order valence-corrected chi connectivity index (χ3v) is 12.1. The van der Waals surface area contributed by atoms with Crippen LogP contribution in [0.4, 0.5) is 0 Å². The highest BCUT2D eigenvalue weighted by Gasteiger charge is 2.17. The van der Waals surface area contributed by atoms with E-state index in [0.29, 0.717) is 0 Å². The monoisotopic (exact) mass is 739 g/mol. The SMILES string of the molecule is Cc1ccc2c(c1)c1ccccc1n2-c1ccc(-c2ccc3c(c2)c2ccccc2n3-c2cccc(-c3cccc(-n4c5ccccc5c5ccccc54)c3)c2)cc1. The highest BCUT2D eigenvalue weighted by molar-refractivity contribution is 6.12. The molecule has 58 heavy (non-hydrogen) atoms. The van der Waals surface area contributed by atoms with E-state index in [4.69, 9.17) is 0 Å². The number of hydrogen-bond acceptors (Lipinski definition) is 0. The molecule has 0 amide bonds. The molecule has 0 aliphatic carbocycles. The number of hydrogen-bond donors (Lipinski definition) is 0. The second-order valence-corrected chi connectivity index (χ2v) is 15.5. The molecule has 0 fully saturated rings. The minimum absolute atomic E-state index is 1.14. The average Bonchev–Trinajstić information content (AvgIpc) is 3.92. The minimum atomic E-state index is 1.14. The van der Waals surface area contributed by atoms with Crippen molar-refractivity contribution in [2.24, 2.45) is 0 Å². The van der Waals surface area contributed by atoms with Gasteiger partial charge in [-0.25, -0.2) is 0 Å². The number of benzene rings is 9. The molecule has 0 spiro atoms. The molecule has 0 N–H and O–H groups in total. The quantitative estimate of drug-likeness (QED) is 0.167. The first-order chi connectivity index (χ1) is 28.7. The van der Waals surface area contributed by atoms with Crippen molar-refractivity contribution >= 4 is 65.4 Å². The first-order valence-electron chi connectivity index (χ1n) is 20.0. The third-order valence-electron chi connectivity index (χ3n) is 12.1. The Morgan fingerprint density at radius 2 is 0.621 bits per heavy atom. The van der Waals surface area contributed by atoms with Crippen molar-refractivity contribution in [2.75, 3.05) is 0 Å². The van der Waals surface area contributed by atoms with Gasteiger partial charge in [0, 0.05) is 49.4 Å². The number of nitrogens with zero attached hydrogens (tertiary/aromatic N) is 3. The number of rotatable bonds is 5. The maximum Gasteiger partial charge on any atom is 0.0541 e. The van der Waals surface area contributed by atoms with E-state index in [-0.39, 0.29) is 0 Å². The van der Waals surface area contributed by atoms with E-state index in [9.17, 15) is 0 Å². The molecule has 272 valence electrons. The van der Waals surface area contributed by atoms with E-state index in [0.717, 1.165) is 17.1 Å². The minimum Gasteiger partial charge on any atom is -0.309 e. The molecule has 0 bridgehead atoms. The lowest BCUT2D eigenvalue weighted by molar-refractivity contribution is 1.17. The molecule has 0 atom stereocenters. The van der Waals surface area contributed by atoms with Gasteiger partial charge in [-0.1, -0.05) is 127 Å². The largest absolute Gasteiger partial charge is 0.309 e. The zero-order chi connectivity index (χ0) is 38.3. The average molecular weight is 740 g/mol. The van der Waals surface area contributed by atoms with Gasteiger partial charge in [0.1, 0.15) is 0 Å². The van der Waals surface area contributed by atoms with E-state index in [1.807, 2.05) is 0 Å². The maximum atomic E-state index is 2.42. The first-order valence-corrected chi connectivity index (χ1v) is 20.0. The highest BCUT2D eigenvalue weighted by atomic mass is 15.0. The van der Waals surface area contributed by atoms with Crippen LogP contribution in [0.1, 0.15) is 5.56 Å². The molecule has 0 saturated heterocycles. The van der Waals surface area contributed by atoms with Gasteiger partial charge in [0.05, 0.1) is 33.1 Å². The lowest BCUT2D eigenvalue weighted by Crippen LogP contribution is -1.96. The van der Waals surface area contributed by atoms with Crippen LogP contribution in [-0.2, 0) is 0 Å². The molecule has 0 saturated carbocycles. The number of fused-ring (bicyclic) bond motifs is 9. The Morgan fingerprint density at radius 3 is 1.14 bits per heavy atom. The molecular formula is C55H37N3. The molecule has 3 heterocycles. The molecule has 3 heteroatoms. The van der Waals surface area contributed by atoms with E-state index < -0.39 is 0 Å². The molecule has 9 aromatic carbocycles. The lowest BCUT2D eigenvalue weighted by atomic mass is 10.0. The summed E-state index contributed by atoms with van der Waals surface area (Å²) in [6, 6.07) is 75.6. The summed E-state index contributed by atoms with van der Waals surface area (Å²) in [5.74, 6) is 0. The van der Waals surface area contributed by atoms with Crippen LogP contribution in [0, 0.1) is 6.92 Å². The predicted octanol–water partition coefficient (Wildman–Crippen LogP) is 14.6. The Bertz CT molecular complexity index is 3520. The Labute approximate surface area is 335 Å². The van der Waals surface area contributed by atoms with Gasteiger partial charge in [-0.05, 0) is 114 Å². The fourth-order valence-corrected chi connectivity index (χ4v) is 9.45. The summed E-state index contributed by atoms with van der Waals surface area (Å²) in [6.45, 7) is 2.17. The summed E-state index contributed by atoms with van der Waals surface area (Å²) in [4.78, 5) is 0. The van der Waals surface area contributed by atoms with Crippen LogP contribution in [0.5, 0.6) is 0 Å². The lowest BCUT2D eigenvalue weighted by Gasteiger charge is -2.13. The molecular weight excluding hydrogens is 703 g/mol. The molecule has 12 rings (SSSR count). The third kappa shape index (κ3) is 4.93. The van der Waals surface area contributed by atoms with Crippen molar-refractivity contribution in [1.29, 1.82) is 0 Å². The molecule has 0 aliphatic rings. The van der Waals surface area contributed by atoms with Crippen LogP contribution in [0.3, 0.4) is 0 Å². The van der Waals surface area contributed by atoms with Gasteiger partial charge in [-0.3, -0.25) is 0 Å². The van der Waals surface area contributed by atoms with Crippen molar-refractivity contribution in [3.8, 4) is 39.3 Å². The van der Waals surface area contributed by atoms with Crippen LogP contribution >= 0.6 is 0 Å². The smallest absolute Gasteiger partial charge is 0.0541 e. The Hall–Kier alpha value is -7.62. The second-order valence-electron chi connectivity index (χ2n) is 15.5. The summed E-state index contributed by atoms with van der Waals surface area (Å²) >= 11 is 0. The summed E-state index contributed by atoms with van der Waals surface area (Å²) in [6.07, 6.45) is 0. The van der Waals surface area contributed by atoms with Gasteiger partial charge in [-0.15, -0.1) is 0 Å². The number of aryl methyl sites for hydroxylation is 1. The molecule has 12 aromatic rings. The highest BCUT2D eigenvalue weighted by Crippen LogP contribution is 2.38. The molecule has 0 aliphatic heterocycles. The van der Waals surface area contributed by atoms with Crippen molar-refractivity contribution in [3.05, 3.63) is 212 Å². The zero-order valence-corrected chi connectivity index (χ0v) is 32.0. The van der Waals surface area contributed by atoms with E-state index in [1.54, 1.807) is 0 Å². The molecule has 3 aromatic heterocycles. The van der Waals surface area contributed by atoms with Gasteiger partial charge in [0.15, 0.2) is 0 Å². The topological polar surface area (TPSA) is 14.8 Å². The van der Waals surface area contributed by atoms with Crippen LogP contribution in [0.25, 0.3) is 105 Å². The van der Waals surface area contributed by atoms with E-state index in [2.05, 4.69) is 227 Å². The van der Waals surface area contributed by atoms with Gasteiger partial charge in [-0.2, -0.15) is 0 Å². The summed E-state index contributed by atoms with van der Waals surface area (Å²) in [5, 5.41) is 7.60. The van der Waals surface area contributed by atoms with Crippen LogP contribution in [-0.4, -0.2) is 13.7 Å². The van der Waals surface area contributed by atoms with Crippen LogP contribution in [0.15, 0.2) is 206 Å². The van der Waals surface area contributed by atoms with Crippen molar-refractivity contribution in [1.82, 2.24) is 13.7 Å². The number of para-hydroxylation sites is 4. The van der Waals surface area contributed by atoms with Crippen molar-refractivity contribution in [2.45, 2.75) is 6.92 Å². The van der Waals surface area contributed by atoms with Crippen molar-refractivity contribution in [3.63, 3.8) is 0 Å². The first kappa shape index (κ1) is 32.6. The fraction of sp³-hybridized carbons (Fsp3) is 0.0182. The summed E-state index contributed by atoms with van der Waals surface area (Å²) in [5.41, 5.74) is 16.8. The second kappa shape index (κ2) is 12.7. The maximum absolute atomic E-state index is 2.42. The predicted molar refractivity (Wildman–Crippen MR) is 245 cm³/mol. The Kier molecular flexibility index (Phi) is 7.14.